The SMILES string of the molecule is Nc1cc(N=C=O)cc(OC(F)(F)F)c1. The zero-order valence-corrected chi connectivity index (χ0v) is 7.21. The molecule has 4 nitrogen and oxygen atoms in total. The van der Waals surface area contributed by atoms with Gasteiger partial charge in [0.2, 0.25) is 6.08 Å². The summed E-state index contributed by atoms with van der Waals surface area (Å²) in [5.74, 6) is -0.531. The van der Waals surface area contributed by atoms with Crippen LogP contribution in [0.2, 0.25) is 0 Å². The molecule has 15 heavy (non-hydrogen) atoms. The molecule has 0 bridgehead atoms. The maximum absolute atomic E-state index is 11.8. The Morgan fingerprint density at radius 3 is 2.53 bits per heavy atom. The van der Waals surface area contributed by atoms with Crippen molar-refractivity contribution in [1.29, 1.82) is 0 Å². The molecule has 0 aliphatic rings. The molecule has 80 valence electrons. The minimum Gasteiger partial charge on any atom is -0.406 e. The standard InChI is InChI=1S/C8H5F3N2O2/c9-8(10,11)15-7-2-5(12)1-6(3-7)13-4-14/h1-3H,12H2. The quantitative estimate of drug-likeness (QED) is 0.469. The lowest BCUT2D eigenvalue weighted by Gasteiger charge is -2.09. The van der Waals surface area contributed by atoms with Gasteiger partial charge in [0.15, 0.2) is 0 Å². The number of nitrogens with zero attached hydrogens (tertiary/aromatic N) is 1. The second kappa shape index (κ2) is 4.02. The summed E-state index contributed by atoms with van der Waals surface area (Å²) in [4.78, 5) is 13.0. The Morgan fingerprint density at radius 1 is 1.33 bits per heavy atom. The van der Waals surface area contributed by atoms with E-state index in [0.29, 0.717) is 0 Å². The van der Waals surface area contributed by atoms with Crippen LogP contribution in [-0.4, -0.2) is 12.4 Å². The maximum atomic E-state index is 11.8. The van der Waals surface area contributed by atoms with Crippen molar-refractivity contribution in [2.24, 2.45) is 4.99 Å². The van der Waals surface area contributed by atoms with Crippen molar-refractivity contribution in [2.75, 3.05) is 5.73 Å². The van der Waals surface area contributed by atoms with Crippen molar-refractivity contribution in [3.05, 3.63) is 18.2 Å². The Hall–Kier alpha value is -2.01. The summed E-state index contributed by atoms with van der Waals surface area (Å²) in [6.07, 6.45) is -3.63. The van der Waals surface area contributed by atoms with E-state index in [2.05, 4.69) is 9.73 Å². The number of benzene rings is 1. The third-order valence-electron chi connectivity index (χ3n) is 1.32. The number of nitrogens with two attached hydrogens (primary N) is 1. The molecule has 7 heteroatoms. The van der Waals surface area contributed by atoms with Gasteiger partial charge in [-0.25, -0.2) is 4.79 Å². The molecule has 0 amide bonds. The first kappa shape index (κ1) is 11.1. The first-order chi connectivity index (χ1) is 6.90. The summed E-state index contributed by atoms with van der Waals surface area (Å²) in [6, 6.07) is 3.11. The van der Waals surface area contributed by atoms with Gasteiger partial charge < -0.3 is 10.5 Å². The highest BCUT2D eigenvalue weighted by Crippen LogP contribution is 2.28. The number of alkyl halides is 3. The number of aliphatic imine (C=N–C) groups is 1. The Kier molecular flexibility index (Phi) is 2.96. The fourth-order valence-corrected chi connectivity index (χ4v) is 0.916. The van der Waals surface area contributed by atoms with Crippen molar-refractivity contribution < 1.29 is 22.7 Å². The zero-order valence-electron chi connectivity index (χ0n) is 7.21. The molecule has 1 rings (SSSR count). The average Bonchev–Trinajstić information content (AvgIpc) is 1.99. The molecule has 2 N–H and O–H groups in total. The molecule has 0 fully saturated rings. The Labute approximate surface area is 82.2 Å². The molecule has 0 aliphatic heterocycles. The van der Waals surface area contributed by atoms with Gasteiger partial charge in [-0.1, -0.05) is 0 Å². The Balaban J connectivity index is 3.04. The highest BCUT2D eigenvalue weighted by Gasteiger charge is 2.31. The van der Waals surface area contributed by atoms with Gasteiger partial charge in [0, 0.05) is 17.8 Å². The summed E-state index contributed by atoms with van der Waals surface area (Å²) in [7, 11) is 0. The smallest absolute Gasteiger partial charge is 0.406 e. The number of ether oxygens (including phenoxy) is 1. The fraction of sp³-hybridized carbons (Fsp3) is 0.125. The van der Waals surface area contributed by atoms with E-state index in [9.17, 15) is 18.0 Å². The third-order valence-corrected chi connectivity index (χ3v) is 1.32. The number of hydrogen-bond acceptors (Lipinski definition) is 4. The summed E-state index contributed by atoms with van der Waals surface area (Å²) in [5, 5.41) is 0. The van der Waals surface area contributed by atoms with Gasteiger partial charge in [0.1, 0.15) is 5.75 Å². The van der Waals surface area contributed by atoms with Crippen molar-refractivity contribution in [1.82, 2.24) is 0 Å². The summed E-state index contributed by atoms with van der Waals surface area (Å²) in [6.45, 7) is 0. The Morgan fingerprint density at radius 2 is 2.00 bits per heavy atom. The van der Waals surface area contributed by atoms with Crippen LogP contribution in [0.3, 0.4) is 0 Å². The molecule has 0 aromatic heterocycles. The lowest BCUT2D eigenvalue weighted by Crippen LogP contribution is -2.17. The molecular weight excluding hydrogens is 213 g/mol. The summed E-state index contributed by atoms with van der Waals surface area (Å²) in [5.41, 5.74) is 5.23. The second-order valence-corrected chi connectivity index (χ2v) is 2.51. The molecule has 0 saturated heterocycles. The topological polar surface area (TPSA) is 64.7 Å². The largest absolute Gasteiger partial charge is 0.573 e. The Bertz CT molecular complexity index is 411. The molecule has 1 aromatic rings. The van der Waals surface area contributed by atoms with Crippen molar-refractivity contribution >= 4 is 17.5 Å². The lowest BCUT2D eigenvalue weighted by atomic mass is 10.2. The molecule has 0 spiro atoms. The molecule has 0 radical (unpaired) electrons. The minimum atomic E-state index is -4.81. The van der Waals surface area contributed by atoms with E-state index in [-0.39, 0.29) is 11.4 Å². The molecule has 0 unspecified atom stereocenters. The second-order valence-electron chi connectivity index (χ2n) is 2.51. The van der Waals surface area contributed by atoms with Gasteiger partial charge in [-0.3, -0.25) is 0 Å². The van der Waals surface area contributed by atoms with Crippen molar-refractivity contribution in [2.45, 2.75) is 6.36 Å². The number of anilines is 1. The van der Waals surface area contributed by atoms with Crippen LogP contribution < -0.4 is 10.5 Å². The van der Waals surface area contributed by atoms with Crippen LogP contribution in [-0.2, 0) is 4.79 Å². The number of nitrogen functional groups attached to an aromatic ring is 1. The minimum absolute atomic E-state index is 0.00532. The van der Waals surface area contributed by atoms with Crippen LogP contribution in [0.1, 0.15) is 0 Å². The van der Waals surface area contributed by atoms with E-state index in [1.54, 1.807) is 0 Å². The monoisotopic (exact) mass is 218 g/mol. The highest BCUT2D eigenvalue weighted by atomic mass is 19.4. The van der Waals surface area contributed by atoms with Gasteiger partial charge in [0.05, 0.1) is 5.69 Å². The number of isocyanates is 1. The number of hydrogen-bond donors (Lipinski definition) is 1. The third kappa shape index (κ3) is 3.70. The van der Waals surface area contributed by atoms with E-state index in [0.717, 1.165) is 12.1 Å². The van der Waals surface area contributed by atoms with Crippen LogP contribution in [0, 0.1) is 0 Å². The zero-order chi connectivity index (χ0) is 11.5. The molecule has 0 aliphatic carbocycles. The van der Waals surface area contributed by atoms with Crippen molar-refractivity contribution in [3.8, 4) is 5.75 Å². The lowest BCUT2D eigenvalue weighted by molar-refractivity contribution is -0.274. The van der Waals surface area contributed by atoms with Crippen molar-refractivity contribution in [3.63, 3.8) is 0 Å². The van der Waals surface area contributed by atoms with Gasteiger partial charge in [-0.2, -0.15) is 4.99 Å². The van der Waals surface area contributed by atoms with E-state index in [1.807, 2.05) is 0 Å². The van der Waals surface area contributed by atoms with E-state index in [1.165, 1.54) is 12.1 Å². The van der Waals surface area contributed by atoms with Gasteiger partial charge in [-0.05, 0) is 6.07 Å². The molecule has 1 aromatic carbocycles. The number of halogens is 3. The van der Waals surface area contributed by atoms with E-state index >= 15 is 0 Å². The highest BCUT2D eigenvalue weighted by molar-refractivity contribution is 5.59. The molecular formula is C8H5F3N2O2. The van der Waals surface area contributed by atoms with Gasteiger partial charge in [0.25, 0.3) is 0 Å². The van der Waals surface area contributed by atoms with Crippen LogP contribution >= 0.6 is 0 Å². The molecule has 0 saturated carbocycles. The first-order valence-corrected chi connectivity index (χ1v) is 3.65. The summed E-state index contributed by atoms with van der Waals surface area (Å²) >= 11 is 0. The number of rotatable bonds is 2. The normalized spacial score (nSPS) is 10.6. The van der Waals surface area contributed by atoms with Crippen LogP contribution in [0.15, 0.2) is 23.2 Å². The van der Waals surface area contributed by atoms with E-state index in [4.69, 9.17) is 5.73 Å². The van der Waals surface area contributed by atoms with E-state index < -0.39 is 12.1 Å². The van der Waals surface area contributed by atoms with Crippen LogP contribution in [0.5, 0.6) is 5.75 Å². The predicted molar refractivity (Wildman–Crippen MR) is 45.3 cm³/mol. The van der Waals surface area contributed by atoms with Crippen LogP contribution in [0.25, 0.3) is 0 Å². The first-order valence-electron chi connectivity index (χ1n) is 3.65. The number of carbonyl (C=O) groups excluding carboxylic acids is 1. The van der Waals surface area contributed by atoms with Gasteiger partial charge >= 0.3 is 6.36 Å². The summed E-state index contributed by atoms with van der Waals surface area (Å²) < 4.78 is 39.1. The molecule has 0 heterocycles. The molecule has 0 atom stereocenters. The average molecular weight is 218 g/mol. The predicted octanol–water partition coefficient (Wildman–Crippen LogP) is 2.13. The van der Waals surface area contributed by atoms with Gasteiger partial charge in [-0.15, -0.1) is 13.2 Å². The van der Waals surface area contributed by atoms with Crippen LogP contribution in [0.4, 0.5) is 24.5 Å². The fourth-order valence-electron chi connectivity index (χ4n) is 0.916. The maximum Gasteiger partial charge on any atom is 0.573 e.